The number of nitrogens with one attached hydrogen (secondary N) is 1. The van der Waals surface area contributed by atoms with Gasteiger partial charge in [0.25, 0.3) is 0 Å². The Hall–Kier alpha value is -0.880. The van der Waals surface area contributed by atoms with Crippen LogP contribution in [0.5, 0.6) is 0 Å². The number of dihydropyridines is 1. The monoisotopic (exact) mass is 459 g/mol. The molecule has 0 aromatic heterocycles. The zero-order chi connectivity index (χ0) is 23.9. The van der Waals surface area contributed by atoms with Crippen LogP contribution in [-0.4, -0.2) is 34.6 Å². The highest BCUT2D eigenvalue weighted by molar-refractivity contribution is 5.24. The van der Waals surface area contributed by atoms with Crippen molar-refractivity contribution in [1.82, 2.24) is 5.32 Å². The number of aliphatic hydroxyl groups is 1. The highest BCUT2D eigenvalue weighted by Gasteiger charge is 2.63. The molecule has 0 amide bonds. The highest BCUT2D eigenvalue weighted by Crippen LogP contribution is 2.60. The molecule has 188 valence electrons. The number of allylic oxidation sites excluding steroid dienone is 2. The van der Waals surface area contributed by atoms with Gasteiger partial charge in [-0.15, -0.1) is 0 Å². The number of aliphatic hydroxyl groups excluding tert-OH is 1. The van der Waals surface area contributed by atoms with Crippen LogP contribution in [0.4, 0.5) is 0 Å². The van der Waals surface area contributed by atoms with Crippen molar-refractivity contribution in [2.75, 3.05) is 6.61 Å². The summed E-state index contributed by atoms with van der Waals surface area (Å²) in [5.74, 6) is 3.03. The van der Waals surface area contributed by atoms with Crippen molar-refractivity contribution >= 4 is 0 Å². The summed E-state index contributed by atoms with van der Waals surface area (Å²) < 4.78 is 7.05. The van der Waals surface area contributed by atoms with Crippen molar-refractivity contribution in [3.63, 3.8) is 0 Å². The Morgan fingerprint density at radius 1 is 1.21 bits per heavy atom. The summed E-state index contributed by atoms with van der Waals surface area (Å²) in [4.78, 5) is 0. The summed E-state index contributed by atoms with van der Waals surface area (Å²) in [6.45, 7) is 9.34. The quantitative estimate of drug-likeness (QED) is 0.426. The maximum atomic E-state index is 9.84. The molecule has 5 aliphatic rings. The van der Waals surface area contributed by atoms with E-state index in [0.29, 0.717) is 24.2 Å². The molecule has 3 aliphatic heterocycles. The Bertz CT molecular complexity index is 747. The first kappa shape index (κ1) is 25.2. The van der Waals surface area contributed by atoms with Gasteiger partial charge in [-0.05, 0) is 101 Å². The van der Waals surface area contributed by atoms with Gasteiger partial charge >= 0.3 is 0 Å². The average molecular weight is 460 g/mol. The van der Waals surface area contributed by atoms with Gasteiger partial charge in [0.2, 0.25) is 0 Å². The molecule has 4 fully saturated rings. The highest BCUT2D eigenvalue weighted by atomic mass is 16.5. The summed E-state index contributed by atoms with van der Waals surface area (Å²) in [7, 11) is 0. The second-order valence-corrected chi connectivity index (χ2v) is 12.8. The molecule has 0 radical (unpaired) electrons. The first-order valence-electron chi connectivity index (χ1n) is 13.5. The fraction of sp³-hybridized carbons (Fsp3) is 0.857. The van der Waals surface area contributed by atoms with Crippen LogP contribution < -0.4 is 16.8 Å². The lowest BCUT2D eigenvalue weighted by molar-refractivity contribution is -0.289. The Kier molecular flexibility index (Phi) is 7.37. The van der Waals surface area contributed by atoms with E-state index in [1.807, 2.05) is 0 Å². The lowest BCUT2D eigenvalue weighted by Crippen LogP contribution is -2.72. The minimum atomic E-state index is -0.316. The van der Waals surface area contributed by atoms with E-state index in [2.05, 4.69) is 51.4 Å². The van der Waals surface area contributed by atoms with Crippen LogP contribution in [0.3, 0.4) is 0 Å². The van der Waals surface area contributed by atoms with Crippen LogP contribution in [0, 0.1) is 29.6 Å². The molecular formula is C28H49N3O2. The molecule has 0 aromatic carbocycles. The van der Waals surface area contributed by atoms with Gasteiger partial charge in [-0.2, -0.15) is 0 Å². The minimum Gasteiger partial charge on any atom is -0.396 e. The molecule has 2 bridgehead atoms. The predicted molar refractivity (Wildman–Crippen MR) is 135 cm³/mol. The Morgan fingerprint density at radius 3 is 2.61 bits per heavy atom. The molecule has 2 saturated carbocycles. The maximum Gasteiger partial charge on any atom is 0.0934 e. The van der Waals surface area contributed by atoms with Crippen LogP contribution in [-0.2, 0) is 4.74 Å². The smallest absolute Gasteiger partial charge is 0.0934 e. The molecule has 2 saturated heterocycles. The molecule has 6 N–H and O–H groups in total. The van der Waals surface area contributed by atoms with Crippen molar-refractivity contribution in [3.8, 4) is 0 Å². The Labute approximate surface area is 201 Å². The number of ether oxygens (including phenoxy) is 1. The van der Waals surface area contributed by atoms with E-state index >= 15 is 0 Å². The number of nitrogens with two attached hydrogens (primary N) is 2. The fourth-order valence-corrected chi connectivity index (χ4v) is 8.03. The second kappa shape index (κ2) is 9.64. The molecule has 5 nitrogen and oxygen atoms in total. The van der Waals surface area contributed by atoms with Gasteiger partial charge in [-0.1, -0.05) is 32.8 Å². The largest absolute Gasteiger partial charge is 0.396 e. The van der Waals surface area contributed by atoms with Gasteiger partial charge in [-0.3, -0.25) is 0 Å². The SMILES string of the molecule is CC(C)CCC1CC(CC2=CNC(N)C=C2)CC(C23CCC(C(N)(CCO)C2)C(C)(C)O3)C1. The third kappa shape index (κ3) is 5.37. The normalized spacial score (nSPS) is 42.3. The third-order valence-corrected chi connectivity index (χ3v) is 9.36. The Balaban J connectivity index is 1.56. The van der Waals surface area contributed by atoms with E-state index in [1.165, 1.54) is 37.7 Å². The lowest BCUT2D eigenvalue weighted by atomic mass is 9.52. The Morgan fingerprint density at radius 2 is 1.97 bits per heavy atom. The molecule has 0 aromatic rings. The fourth-order valence-electron chi connectivity index (χ4n) is 8.03. The van der Waals surface area contributed by atoms with E-state index in [1.54, 1.807) is 0 Å². The molecule has 5 rings (SSSR count). The van der Waals surface area contributed by atoms with Gasteiger partial charge in [-0.25, -0.2) is 0 Å². The van der Waals surface area contributed by atoms with Crippen LogP contribution in [0.25, 0.3) is 0 Å². The van der Waals surface area contributed by atoms with Crippen molar-refractivity contribution in [3.05, 3.63) is 23.9 Å². The molecular weight excluding hydrogens is 410 g/mol. The summed E-state index contributed by atoms with van der Waals surface area (Å²) in [6, 6.07) is 0. The van der Waals surface area contributed by atoms with Crippen LogP contribution in [0.15, 0.2) is 23.9 Å². The zero-order valence-electron chi connectivity index (χ0n) is 21.5. The number of fused-ring (bicyclic) bond motifs is 3. The predicted octanol–water partition coefficient (Wildman–Crippen LogP) is 4.60. The summed E-state index contributed by atoms with van der Waals surface area (Å²) in [6.07, 6.45) is 17.7. The van der Waals surface area contributed by atoms with Gasteiger partial charge < -0.3 is 26.6 Å². The summed E-state index contributed by atoms with van der Waals surface area (Å²) in [5, 5.41) is 13.1. The van der Waals surface area contributed by atoms with Crippen molar-refractivity contribution in [1.29, 1.82) is 0 Å². The number of rotatable bonds is 8. The van der Waals surface area contributed by atoms with Gasteiger partial charge in [0.1, 0.15) is 0 Å². The third-order valence-electron chi connectivity index (χ3n) is 9.36. The molecule has 2 aliphatic carbocycles. The molecule has 7 unspecified atom stereocenters. The van der Waals surface area contributed by atoms with Crippen LogP contribution >= 0.6 is 0 Å². The van der Waals surface area contributed by atoms with Gasteiger partial charge in [0.15, 0.2) is 0 Å². The van der Waals surface area contributed by atoms with Gasteiger partial charge in [0, 0.05) is 24.3 Å². The van der Waals surface area contributed by atoms with Crippen molar-refractivity contribution in [2.45, 2.75) is 115 Å². The lowest BCUT2D eigenvalue weighted by Gasteiger charge is -2.65. The molecule has 3 heterocycles. The molecule has 33 heavy (non-hydrogen) atoms. The van der Waals surface area contributed by atoms with E-state index in [0.717, 1.165) is 37.5 Å². The molecule has 0 spiro atoms. The topological polar surface area (TPSA) is 93.5 Å². The van der Waals surface area contributed by atoms with Crippen molar-refractivity contribution < 1.29 is 9.84 Å². The minimum absolute atomic E-state index is 0.0669. The van der Waals surface area contributed by atoms with Crippen LogP contribution in [0.2, 0.25) is 0 Å². The second-order valence-electron chi connectivity index (χ2n) is 12.8. The first-order valence-corrected chi connectivity index (χ1v) is 13.5. The van der Waals surface area contributed by atoms with Crippen LogP contribution in [0.1, 0.15) is 91.9 Å². The number of hydrogen-bond donors (Lipinski definition) is 4. The van der Waals surface area contributed by atoms with E-state index < -0.39 is 0 Å². The maximum absolute atomic E-state index is 9.84. The average Bonchev–Trinajstić information content (AvgIpc) is 2.73. The standard InChI is InChI=1S/C28H49N3O2/c1-19(2)5-6-20-13-22(14-21-7-8-25(29)31-17-21)16-23(15-20)28-10-9-24(26(3,4)33-28)27(30,18-28)11-12-32/h7-8,17,19-20,22-25,31-32H,5-6,9-16,18,29-30H2,1-4H3. The molecule has 7 atom stereocenters. The summed E-state index contributed by atoms with van der Waals surface area (Å²) >= 11 is 0. The summed E-state index contributed by atoms with van der Waals surface area (Å²) in [5.41, 5.74) is 13.7. The van der Waals surface area contributed by atoms with E-state index in [9.17, 15) is 5.11 Å². The number of hydrogen-bond acceptors (Lipinski definition) is 5. The van der Waals surface area contributed by atoms with E-state index in [4.69, 9.17) is 16.2 Å². The van der Waals surface area contributed by atoms with E-state index in [-0.39, 0.29) is 29.5 Å². The first-order chi connectivity index (χ1) is 15.6. The van der Waals surface area contributed by atoms with Gasteiger partial charge in [0.05, 0.1) is 17.4 Å². The molecule has 5 heteroatoms. The van der Waals surface area contributed by atoms with Crippen molar-refractivity contribution in [2.24, 2.45) is 41.1 Å². The zero-order valence-corrected chi connectivity index (χ0v) is 21.5.